The van der Waals surface area contributed by atoms with Gasteiger partial charge in [-0.15, -0.1) is 0 Å². The van der Waals surface area contributed by atoms with Crippen LogP contribution in [-0.4, -0.2) is 0 Å². The number of allylic oxidation sites excluding steroid dienone is 1. The lowest BCUT2D eigenvalue weighted by molar-refractivity contribution is 1.73. The van der Waals surface area contributed by atoms with Crippen LogP contribution in [0.5, 0.6) is 0 Å². The van der Waals surface area contributed by atoms with Crippen LogP contribution in [0.3, 0.4) is 0 Å². The monoisotopic (exact) mass is 232 g/mol. The Balaban J connectivity index is 3.68. The van der Waals surface area contributed by atoms with Gasteiger partial charge in [0, 0.05) is 4.48 Å². The van der Waals surface area contributed by atoms with Crippen LogP contribution in [0.4, 0.5) is 0 Å². The van der Waals surface area contributed by atoms with Gasteiger partial charge in [0.2, 0.25) is 0 Å². The van der Waals surface area contributed by atoms with Gasteiger partial charge in [0.25, 0.3) is 0 Å². The maximum absolute atomic E-state index is 5.36. The van der Waals surface area contributed by atoms with Gasteiger partial charge in [-0.2, -0.15) is 0 Å². The quantitative estimate of drug-likeness (QED) is 0.604. The molecule has 36 valence electrons. The Morgan fingerprint density at radius 3 is 1.67 bits per heavy atom. The minimum Gasteiger partial charge on any atom is -0.0753 e. The van der Waals surface area contributed by atoms with E-state index in [1.54, 1.807) is 0 Å². The fourth-order valence-electron chi connectivity index (χ4n) is 0. The highest BCUT2D eigenvalue weighted by Crippen LogP contribution is 2.19. The summed E-state index contributed by atoms with van der Waals surface area (Å²) in [4.78, 5) is 0. The smallest absolute Gasteiger partial charge is 0.0753 e. The van der Waals surface area contributed by atoms with Crippen molar-refractivity contribution in [1.29, 1.82) is 0 Å². The maximum atomic E-state index is 5.36. The minimum atomic E-state index is 0.627. The van der Waals surface area contributed by atoms with E-state index in [-0.39, 0.29) is 0 Å². The predicted molar refractivity (Wildman–Crippen MR) is 36.4 cm³/mol. The Morgan fingerprint density at radius 2 is 1.67 bits per heavy atom. The van der Waals surface area contributed by atoms with E-state index in [0.717, 1.165) is 4.48 Å². The summed E-state index contributed by atoms with van der Waals surface area (Å²) in [6, 6.07) is 0. The van der Waals surface area contributed by atoms with Crippen LogP contribution in [0, 0.1) is 0 Å². The summed E-state index contributed by atoms with van der Waals surface area (Å²) in [6.07, 6.45) is 0. The Kier molecular flexibility index (Phi) is 3.56. The van der Waals surface area contributed by atoms with Crippen molar-refractivity contribution in [1.82, 2.24) is 0 Å². The fraction of sp³-hybridized carbons (Fsp3) is 0.333. The first kappa shape index (κ1) is 6.99. The predicted octanol–water partition coefficient (Wildman–Crippen LogP) is 3.20. The zero-order valence-corrected chi connectivity index (χ0v) is 7.06. The summed E-state index contributed by atoms with van der Waals surface area (Å²) in [7, 11) is 0. The molecule has 3 heteroatoms. The molecular weight excluding hydrogens is 231 g/mol. The Labute approximate surface area is 58.8 Å². The van der Waals surface area contributed by atoms with E-state index in [1.807, 2.05) is 6.92 Å². The van der Waals surface area contributed by atoms with Crippen molar-refractivity contribution in [3.63, 3.8) is 0 Å². The lowest BCUT2D eigenvalue weighted by atomic mass is 10.8. The molecule has 0 aliphatic carbocycles. The molecule has 0 aromatic carbocycles. The Morgan fingerprint density at radius 1 is 1.50 bits per heavy atom. The van der Waals surface area contributed by atoms with Crippen molar-refractivity contribution >= 4 is 43.5 Å². The molecular formula is C3H3Br2Cl. The fourth-order valence-corrected chi connectivity index (χ4v) is 0. The van der Waals surface area contributed by atoms with E-state index in [4.69, 9.17) is 11.6 Å². The maximum Gasteiger partial charge on any atom is 0.0932 e. The summed E-state index contributed by atoms with van der Waals surface area (Å²) >= 11 is 11.5. The van der Waals surface area contributed by atoms with Crippen LogP contribution in [0.1, 0.15) is 6.92 Å². The topological polar surface area (TPSA) is 0 Å². The average Bonchev–Trinajstić information content (AvgIpc) is 1.36. The van der Waals surface area contributed by atoms with Crippen molar-refractivity contribution < 1.29 is 0 Å². The van der Waals surface area contributed by atoms with Crippen LogP contribution in [0.25, 0.3) is 0 Å². The van der Waals surface area contributed by atoms with Crippen molar-refractivity contribution in [2.24, 2.45) is 0 Å². The molecule has 0 fully saturated rings. The zero-order chi connectivity index (χ0) is 5.15. The van der Waals surface area contributed by atoms with Crippen LogP contribution < -0.4 is 0 Å². The second kappa shape index (κ2) is 3.05. The van der Waals surface area contributed by atoms with E-state index in [9.17, 15) is 0 Å². The molecule has 0 nitrogen and oxygen atoms in total. The summed E-state index contributed by atoms with van der Waals surface area (Å²) in [5.74, 6) is 0. The Hall–Kier alpha value is 0.990. The molecule has 0 saturated heterocycles. The molecule has 0 radical (unpaired) electrons. The number of rotatable bonds is 0. The highest BCUT2D eigenvalue weighted by Gasteiger charge is 1.83. The molecule has 0 heterocycles. The average molecular weight is 234 g/mol. The molecule has 0 saturated carbocycles. The third-order valence-electron chi connectivity index (χ3n) is 0.260. The van der Waals surface area contributed by atoms with Crippen LogP contribution in [0.2, 0.25) is 0 Å². The van der Waals surface area contributed by atoms with Crippen molar-refractivity contribution in [2.75, 3.05) is 0 Å². The Bertz CT molecular complexity index is 58.9. The van der Waals surface area contributed by atoms with Crippen LogP contribution in [-0.2, 0) is 0 Å². The molecule has 0 unspecified atom stereocenters. The molecule has 0 atom stereocenters. The minimum absolute atomic E-state index is 0.627. The highest BCUT2D eigenvalue weighted by molar-refractivity contribution is 9.14. The van der Waals surface area contributed by atoms with E-state index in [0.29, 0.717) is 3.94 Å². The third-order valence-corrected chi connectivity index (χ3v) is 2.30. The first-order chi connectivity index (χ1) is 2.64. The van der Waals surface area contributed by atoms with E-state index in [1.165, 1.54) is 0 Å². The molecule has 0 bridgehead atoms. The van der Waals surface area contributed by atoms with Crippen LogP contribution in [0.15, 0.2) is 8.42 Å². The first-order valence-corrected chi connectivity index (χ1v) is 3.28. The van der Waals surface area contributed by atoms with Crippen molar-refractivity contribution in [3.8, 4) is 0 Å². The summed E-state index contributed by atoms with van der Waals surface area (Å²) in [5.41, 5.74) is 0. The number of hydrogen-bond acceptors (Lipinski definition) is 0. The molecule has 0 rings (SSSR count). The SMILES string of the molecule is CC(Br)=C(Cl)Br. The largest absolute Gasteiger partial charge is 0.0932 e. The molecule has 0 aromatic rings. The van der Waals surface area contributed by atoms with Gasteiger partial charge in [-0.05, 0) is 22.9 Å². The van der Waals surface area contributed by atoms with Gasteiger partial charge in [-0.1, -0.05) is 27.5 Å². The van der Waals surface area contributed by atoms with Gasteiger partial charge in [0.15, 0.2) is 0 Å². The van der Waals surface area contributed by atoms with E-state index >= 15 is 0 Å². The highest BCUT2D eigenvalue weighted by atomic mass is 79.9. The number of hydrogen-bond donors (Lipinski definition) is 0. The molecule has 6 heavy (non-hydrogen) atoms. The van der Waals surface area contributed by atoms with Gasteiger partial charge >= 0.3 is 0 Å². The molecule has 0 amide bonds. The van der Waals surface area contributed by atoms with Gasteiger partial charge in [-0.3, -0.25) is 0 Å². The lowest BCUT2D eigenvalue weighted by Crippen LogP contribution is -1.51. The first-order valence-electron chi connectivity index (χ1n) is 1.32. The molecule has 0 aliphatic heterocycles. The lowest BCUT2D eigenvalue weighted by Gasteiger charge is -1.80. The van der Waals surface area contributed by atoms with E-state index in [2.05, 4.69) is 31.9 Å². The number of halogens is 3. The van der Waals surface area contributed by atoms with Gasteiger partial charge in [0.1, 0.15) is 0 Å². The summed E-state index contributed by atoms with van der Waals surface area (Å²) < 4.78 is 1.55. The second-order valence-electron chi connectivity index (χ2n) is 0.794. The third kappa shape index (κ3) is 3.19. The van der Waals surface area contributed by atoms with Crippen LogP contribution >= 0.6 is 43.5 Å². The van der Waals surface area contributed by atoms with E-state index < -0.39 is 0 Å². The summed E-state index contributed by atoms with van der Waals surface area (Å²) in [5, 5.41) is 0. The second-order valence-corrected chi connectivity index (χ2v) is 3.61. The standard InChI is InChI=1S/C3H3Br2Cl/c1-2(4)3(5)6/h1H3. The van der Waals surface area contributed by atoms with Gasteiger partial charge in [-0.25, -0.2) is 0 Å². The normalized spacial score (nSPS) is 14.0. The van der Waals surface area contributed by atoms with Crippen molar-refractivity contribution in [3.05, 3.63) is 8.42 Å². The molecule has 0 aromatic heterocycles. The molecule has 0 spiro atoms. The summed E-state index contributed by atoms with van der Waals surface area (Å²) in [6.45, 7) is 1.86. The molecule has 0 N–H and O–H groups in total. The zero-order valence-electron chi connectivity index (χ0n) is 3.13. The molecule has 0 aliphatic rings. The van der Waals surface area contributed by atoms with Gasteiger partial charge < -0.3 is 0 Å². The van der Waals surface area contributed by atoms with Gasteiger partial charge in [0.05, 0.1) is 3.94 Å². The van der Waals surface area contributed by atoms with Crippen molar-refractivity contribution in [2.45, 2.75) is 6.92 Å².